The second kappa shape index (κ2) is 4.72. The summed E-state index contributed by atoms with van der Waals surface area (Å²) in [6, 6.07) is 6.73. The van der Waals surface area contributed by atoms with Crippen LogP contribution in [0.1, 0.15) is 10.4 Å². The molecule has 6 heteroatoms. The highest BCUT2D eigenvalue weighted by atomic mass is 32.1. The van der Waals surface area contributed by atoms with E-state index in [-0.39, 0.29) is 5.82 Å². The van der Waals surface area contributed by atoms with Crippen LogP contribution in [0, 0.1) is 19.7 Å². The summed E-state index contributed by atoms with van der Waals surface area (Å²) >= 11 is 1.46. The van der Waals surface area contributed by atoms with Crippen molar-refractivity contribution in [2.75, 3.05) is 5.73 Å². The van der Waals surface area contributed by atoms with E-state index in [0.717, 1.165) is 10.4 Å². The Balaban J connectivity index is 2.01. The molecule has 0 amide bonds. The van der Waals surface area contributed by atoms with E-state index in [2.05, 4.69) is 10.1 Å². The average molecular weight is 289 g/mol. The van der Waals surface area contributed by atoms with Crippen molar-refractivity contribution in [3.05, 3.63) is 40.5 Å². The van der Waals surface area contributed by atoms with Crippen LogP contribution >= 0.6 is 11.3 Å². The first-order valence-electron chi connectivity index (χ1n) is 6.01. The van der Waals surface area contributed by atoms with E-state index >= 15 is 0 Å². The van der Waals surface area contributed by atoms with Gasteiger partial charge in [0, 0.05) is 10.4 Å². The van der Waals surface area contributed by atoms with Gasteiger partial charge in [-0.3, -0.25) is 0 Å². The molecule has 3 aromatic rings. The predicted octanol–water partition coefficient (Wildman–Crippen LogP) is 3.80. The molecule has 3 rings (SSSR count). The van der Waals surface area contributed by atoms with Gasteiger partial charge in [-0.2, -0.15) is 4.98 Å². The molecule has 0 saturated carbocycles. The number of nitrogen functional groups attached to an aromatic ring is 1. The molecule has 20 heavy (non-hydrogen) atoms. The summed E-state index contributed by atoms with van der Waals surface area (Å²) in [5.74, 6) is 0.407. The van der Waals surface area contributed by atoms with E-state index in [1.165, 1.54) is 17.4 Å². The fourth-order valence-corrected chi connectivity index (χ4v) is 2.66. The number of nitrogens with two attached hydrogens (primary N) is 1. The Labute approximate surface area is 119 Å². The van der Waals surface area contributed by atoms with Crippen LogP contribution in [-0.2, 0) is 0 Å². The van der Waals surface area contributed by atoms with Gasteiger partial charge >= 0.3 is 0 Å². The van der Waals surface area contributed by atoms with Gasteiger partial charge in [-0.15, -0.1) is 11.3 Å². The number of halogens is 1. The maximum absolute atomic E-state index is 13.6. The highest BCUT2D eigenvalue weighted by Crippen LogP contribution is 2.33. The largest absolute Gasteiger partial charge is 0.390 e. The van der Waals surface area contributed by atoms with E-state index in [0.29, 0.717) is 27.8 Å². The summed E-state index contributed by atoms with van der Waals surface area (Å²) in [4.78, 5) is 5.35. The van der Waals surface area contributed by atoms with Crippen LogP contribution in [0.3, 0.4) is 0 Å². The molecular formula is C14H12FN3OS. The van der Waals surface area contributed by atoms with E-state index < -0.39 is 0 Å². The first kappa shape index (κ1) is 12.8. The molecule has 2 heterocycles. The Morgan fingerprint density at radius 3 is 2.70 bits per heavy atom. The van der Waals surface area contributed by atoms with Crippen LogP contribution in [0.25, 0.3) is 22.8 Å². The number of nitrogens with zero attached hydrogens (tertiary/aromatic N) is 2. The SMILES string of the molecule is Cc1cc(-c2nc(-c3ccc(C)c(F)c3)no2)c(N)s1. The Morgan fingerprint density at radius 1 is 1.25 bits per heavy atom. The first-order valence-corrected chi connectivity index (χ1v) is 6.83. The number of rotatable bonds is 2. The highest BCUT2D eigenvalue weighted by Gasteiger charge is 2.15. The molecule has 2 N–H and O–H groups in total. The molecule has 0 spiro atoms. The molecule has 102 valence electrons. The van der Waals surface area contributed by atoms with Gasteiger partial charge in [0.15, 0.2) is 0 Å². The molecule has 0 fully saturated rings. The third-order valence-electron chi connectivity index (χ3n) is 2.97. The van der Waals surface area contributed by atoms with Gasteiger partial charge in [0.05, 0.1) is 10.6 Å². The molecule has 4 nitrogen and oxygen atoms in total. The fraction of sp³-hybridized carbons (Fsp3) is 0.143. The molecule has 0 bridgehead atoms. The zero-order chi connectivity index (χ0) is 14.3. The maximum atomic E-state index is 13.6. The number of benzene rings is 1. The quantitative estimate of drug-likeness (QED) is 0.779. The van der Waals surface area contributed by atoms with Gasteiger partial charge in [0.25, 0.3) is 5.89 Å². The summed E-state index contributed by atoms with van der Waals surface area (Å²) < 4.78 is 18.8. The first-order chi connectivity index (χ1) is 9.54. The van der Waals surface area contributed by atoms with E-state index in [1.54, 1.807) is 19.1 Å². The van der Waals surface area contributed by atoms with Crippen molar-refractivity contribution < 1.29 is 8.91 Å². The molecular weight excluding hydrogens is 277 g/mol. The maximum Gasteiger partial charge on any atom is 0.261 e. The lowest BCUT2D eigenvalue weighted by Crippen LogP contribution is -1.86. The molecule has 0 aliphatic rings. The lowest BCUT2D eigenvalue weighted by molar-refractivity contribution is 0.432. The lowest BCUT2D eigenvalue weighted by Gasteiger charge is -1.97. The zero-order valence-corrected chi connectivity index (χ0v) is 11.8. The van der Waals surface area contributed by atoms with Crippen molar-refractivity contribution in [1.82, 2.24) is 10.1 Å². The number of hydrogen-bond donors (Lipinski definition) is 1. The number of aromatic nitrogens is 2. The zero-order valence-electron chi connectivity index (χ0n) is 11.0. The van der Waals surface area contributed by atoms with Crippen LogP contribution in [0.2, 0.25) is 0 Å². The van der Waals surface area contributed by atoms with Crippen LogP contribution in [0.5, 0.6) is 0 Å². The average Bonchev–Trinajstić information content (AvgIpc) is 2.99. The minimum Gasteiger partial charge on any atom is -0.390 e. The predicted molar refractivity (Wildman–Crippen MR) is 76.9 cm³/mol. The second-order valence-corrected chi connectivity index (χ2v) is 5.81. The van der Waals surface area contributed by atoms with Gasteiger partial charge in [0.2, 0.25) is 5.82 Å². The number of hydrogen-bond acceptors (Lipinski definition) is 5. The van der Waals surface area contributed by atoms with Crippen LogP contribution in [0.4, 0.5) is 9.39 Å². The van der Waals surface area contributed by atoms with Crippen molar-refractivity contribution in [3.63, 3.8) is 0 Å². The molecule has 2 aromatic heterocycles. The van der Waals surface area contributed by atoms with Gasteiger partial charge in [-0.05, 0) is 31.5 Å². The van der Waals surface area contributed by atoms with Gasteiger partial charge in [-0.25, -0.2) is 4.39 Å². The van der Waals surface area contributed by atoms with E-state index in [1.807, 2.05) is 13.0 Å². The van der Waals surface area contributed by atoms with Crippen LogP contribution in [-0.4, -0.2) is 10.1 Å². The Kier molecular flexibility index (Phi) is 3.02. The summed E-state index contributed by atoms with van der Waals surface area (Å²) in [5, 5.41) is 4.51. The highest BCUT2D eigenvalue weighted by molar-refractivity contribution is 7.16. The van der Waals surface area contributed by atoms with E-state index in [9.17, 15) is 4.39 Å². The molecule has 0 aliphatic carbocycles. The summed E-state index contributed by atoms with van der Waals surface area (Å²) in [6.45, 7) is 3.66. The third kappa shape index (κ3) is 2.18. The van der Waals surface area contributed by atoms with Gasteiger partial charge in [-0.1, -0.05) is 17.3 Å². The molecule has 0 saturated heterocycles. The Bertz CT molecular complexity index is 779. The fourth-order valence-electron chi connectivity index (χ4n) is 1.88. The Hall–Kier alpha value is -2.21. The van der Waals surface area contributed by atoms with Crippen LogP contribution in [0.15, 0.2) is 28.8 Å². The van der Waals surface area contributed by atoms with Crippen molar-refractivity contribution in [2.45, 2.75) is 13.8 Å². The molecule has 1 aromatic carbocycles. The smallest absolute Gasteiger partial charge is 0.261 e. The Morgan fingerprint density at radius 2 is 2.05 bits per heavy atom. The van der Waals surface area contributed by atoms with Gasteiger partial charge in [0.1, 0.15) is 5.82 Å². The topological polar surface area (TPSA) is 64.9 Å². The number of aryl methyl sites for hydroxylation is 2. The monoisotopic (exact) mass is 289 g/mol. The minimum absolute atomic E-state index is 0.292. The standard InChI is InChI=1S/C14H12FN3OS/c1-7-3-4-9(6-11(7)15)13-17-14(19-18-13)10-5-8(2)20-12(10)16/h3-6H,16H2,1-2H3. The molecule has 0 aliphatic heterocycles. The molecule has 0 atom stereocenters. The summed E-state index contributed by atoms with van der Waals surface area (Å²) in [6.07, 6.45) is 0. The van der Waals surface area contributed by atoms with Crippen molar-refractivity contribution in [1.29, 1.82) is 0 Å². The van der Waals surface area contributed by atoms with Crippen molar-refractivity contribution in [2.24, 2.45) is 0 Å². The molecule has 0 unspecified atom stereocenters. The second-order valence-electron chi connectivity index (χ2n) is 4.52. The molecule has 0 radical (unpaired) electrons. The van der Waals surface area contributed by atoms with Gasteiger partial charge < -0.3 is 10.3 Å². The lowest BCUT2D eigenvalue weighted by atomic mass is 10.1. The number of anilines is 1. The van der Waals surface area contributed by atoms with Crippen molar-refractivity contribution >= 4 is 16.3 Å². The van der Waals surface area contributed by atoms with Crippen LogP contribution < -0.4 is 5.73 Å². The van der Waals surface area contributed by atoms with E-state index in [4.69, 9.17) is 10.3 Å². The van der Waals surface area contributed by atoms with Crippen molar-refractivity contribution in [3.8, 4) is 22.8 Å². The third-order valence-corrected chi connectivity index (χ3v) is 3.85. The normalized spacial score (nSPS) is 10.9. The minimum atomic E-state index is -0.292. The number of thiophene rings is 1. The summed E-state index contributed by atoms with van der Waals surface area (Å²) in [7, 11) is 0. The summed E-state index contributed by atoms with van der Waals surface area (Å²) in [5.41, 5.74) is 7.77.